The van der Waals surface area contributed by atoms with E-state index in [2.05, 4.69) is 0 Å². The molecule has 0 bridgehead atoms. The highest BCUT2D eigenvalue weighted by Crippen LogP contribution is 2.35. The van der Waals surface area contributed by atoms with E-state index in [1.807, 2.05) is 0 Å². The molecule has 30 heavy (non-hydrogen) atoms. The standard InChI is InChI=1S/C20H33F3N2O5/c1-7-29-15(26)12-25(16(27)19(5,6)13-20(21,22)23)14-9-8-10-24(11-14)17(28)30-18(2,3)4/h14H,7-13H2,1-6H3/t14-/m0/s1. The lowest BCUT2D eigenvalue weighted by Gasteiger charge is -2.42. The quantitative estimate of drug-likeness (QED) is 0.591. The highest BCUT2D eigenvalue weighted by Gasteiger charge is 2.45. The molecule has 0 saturated carbocycles. The summed E-state index contributed by atoms with van der Waals surface area (Å²) in [5.41, 5.74) is -2.47. The topological polar surface area (TPSA) is 76.2 Å². The van der Waals surface area contributed by atoms with Crippen LogP contribution < -0.4 is 0 Å². The van der Waals surface area contributed by atoms with Gasteiger partial charge in [0.05, 0.1) is 24.5 Å². The molecule has 1 rings (SSSR count). The average molecular weight is 438 g/mol. The Hall–Kier alpha value is -2.00. The van der Waals surface area contributed by atoms with Crippen LogP contribution in [0.3, 0.4) is 0 Å². The van der Waals surface area contributed by atoms with Crippen LogP contribution in [0.1, 0.15) is 60.8 Å². The van der Waals surface area contributed by atoms with Gasteiger partial charge in [-0.2, -0.15) is 13.2 Å². The third-order valence-electron chi connectivity index (χ3n) is 4.58. The molecular weight excluding hydrogens is 405 g/mol. The second-order valence-electron chi connectivity index (χ2n) is 9.14. The molecule has 1 fully saturated rings. The van der Waals surface area contributed by atoms with E-state index in [1.54, 1.807) is 27.7 Å². The Labute approximate surface area is 175 Å². The summed E-state index contributed by atoms with van der Waals surface area (Å²) < 4.78 is 49.3. The number of nitrogens with zero attached hydrogens (tertiary/aromatic N) is 2. The molecule has 0 radical (unpaired) electrons. The van der Waals surface area contributed by atoms with Gasteiger partial charge in [-0.15, -0.1) is 0 Å². The summed E-state index contributed by atoms with van der Waals surface area (Å²) in [6, 6.07) is -0.615. The summed E-state index contributed by atoms with van der Waals surface area (Å²) in [7, 11) is 0. The van der Waals surface area contributed by atoms with Crippen molar-refractivity contribution in [2.45, 2.75) is 78.6 Å². The maximum absolute atomic E-state index is 13.1. The largest absolute Gasteiger partial charge is 0.465 e. The first-order valence-corrected chi connectivity index (χ1v) is 10.1. The van der Waals surface area contributed by atoms with Gasteiger partial charge in [0, 0.05) is 13.1 Å². The molecule has 1 saturated heterocycles. The number of amides is 2. The number of hydrogen-bond donors (Lipinski definition) is 0. The van der Waals surface area contributed by atoms with Crippen molar-refractivity contribution in [3.63, 3.8) is 0 Å². The molecule has 0 unspecified atom stereocenters. The maximum Gasteiger partial charge on any atom is 0.410 e. The van der Waals surface area contributed by atoms with Gasteiger partial charge in [-0.05, 0) is 40.5 Å². The molecule has 1 heterocycles. The van der Waals surface area contributed by atoms with E-state index in [-0.39, 0.29) is 13.2 Å². The number of esters is 1. The second kappa shape index (κ2) is 9.87. The van der Waals surface area contributed by atoms with Crippen molar-refractivity contribution < 1.29 is 37.0 Å². The number of carbonyl (C=O) groups excluding carboxylic acids is 3. The van der Waals surface area contributed by atoms with Gasteiger partial charge in [0.1, 0.15) is 12.1 Å². The molecule has 0 aromatic rings. The minimum absolute atomic E-state index is 0.0716. The third kappa shape index (κ3) is 8.39. The van der Waals surface area contributed by atoms with Gasteiger partial charge in [-0.25, -0.2) is 4.79 Å². The van der Waals surface area contributed by atoms with Crippen molar-refractivity contribution in [2.75, 3.05) is 26.2 Å². The molecule has 10 heteroatoms. The highest BCUT2D eigenvalue weighted by molar-refractivity contribution is 5.86. The molecule has 174 valence electrons. The maximum atomic E-state index is 13.1. The van der Waals surface area contributed by atoms with Crippen LogP contribution in [-0.4, -0.2) is 71.8 Å². The zero-order valence-corrected chi connectivity index (χ0v) is 18.6. The fraction of sp³-hybridized carbons (Fsp3) is 0.850. The summed E-state index contributed by atoms with van der Waals surface area (Å²) in [5.74, 6) is -1.51. The number of halogens is 3. The van der Waals surface area contributed by atoms with Gasteiger partial charge in [0.25, 0.3) is 0 Å². The van der Waals surface area contributed by atoms with E-state index in [9.17, 15) is 27.6 Å². The summed E-state index contributed by atoms with van der Waals surface area (Å²) in [6.07, 6.45) is -5.45. The first kappa shape index (κ1) is 26.0. The van der Waals surface area contributed by atoms with Gasteiger partial charge in [-0.1, -0.05) is 13.8 Å². The Kier molecular flexibility index (Phi) is 8.57. The van der Waals surface area contributed by atoms with Crippen molar-refractivity contribution in [3.05, 3.63) is 0 Å². The van der Waals surface area contributed by atoms with E-state index in [0.29, 0.717) is 19.4 Å². The Morgan fingerprint density at radius 2 is 1.70 bits per heavy atom. The number of carbonyl (C=O) groups is 3. The van der Waals surface area contributed by atoms with Crippen molar-refractivity contribution in [1.82, 2.24) is 9.80 Å². The minimum atomic E-state index is -4.54. The smallest absolute Gasteiger partial charge is 0.410 e. The molecule has 0 aromatic carbocycles. The van der Waals surface area contributed by atoms with Crippen LogP contribution >= 0.6 is 0 Å². The molecular formula is C20H33F3N2O5. The summed E-state index contributed by atoms with van der Waals surface area (Å²) in [6.45, 7) is 9.27. The van der Waals surface area contributed by atoms with Crippen LogP contribution in [0.5, 0.6) is 0 Å². The Morgan fingerprint density at radius 1 is 1.10 bits per heavy atom. The Bertz CT molecular complexity index is 629. The molecule has 1 aliphatic rings. The third-order valence-corrected chi connectivity index (χ3v) is 4.58. The molecule has 2 amide bonds. The van der Waals surface area contributed by atoms with Crippen LogP contribution in [-0.2, 0) is 19.1 Å². The Morgan fingerprint density at radius 3 is 2.20 bits per heavy atom. The zero-order valence-electron chi connectivity index (χ0n) is 18.6. The van der Waals surface area contributed by atoms with Crippen molar-refractivity contribution in [2.24, 2.45) is 5.41 Å². The number of likely N-dealkylation sites (tertiary alicyclic amines) is 1. The highest BCUT2D eigenvalue weighted by atomic mass is 19.4. The van der Waals surface area contributed by atoms with Crippen molar-refractivity contribution >= 4 is 18.0 Å². The molecule has 1 atom stereocenters. The molecule has 1 aliphatic heterocycles. The van der Waals surface area contributed by atoms with Gasteiger partial charge < -0.3 is 19.3 Å². The molecule has 0 aromatic heterocycles. The number of ether oxygens (including phenoxy) is 2. The van der Waals surface area contributed by atoms with Gasteiger partial charge >= 0.3 is 18.2 Å². The predicted molar refractivity (Wildman–Crippen MR) is 104 cm³/mol. The lowest BCUT2D eigenvalue weighted by molar-refractivity contribution is -0.173. The lowest BCUT2D eigenvalue weighted by atomic mass is 9.86. The number of hydrogen-bond acceptors (Lipinski definition) is 5. The number of piperidine rings is 1. The first-order valence-electron chi connectivity index (χ1n) is 10.1. The molecule has 0 spiro atoms. The Balaban J connectivity index is 3.08. The fourth-order valence-electron chi connectivity index (χ4n) is 3.38. The second-order valence-corrected chi connectivity index (χ2v) is 9.14. The normalized spacial score (nSPS) is 18.0. The van der Waals surface area contributed by atoms with E-state index in [0.717, 1.165) is 4.90 Å². The summed E-state index contributed by atoms with van der Waals surface area (Å²) in [5, 5.41) is 0. The zero-order chi connectivity index (χ0) is 23.3. The van der Waals surface area contributed by atoms with Gasteiger partial charge in [0.15, 0.2) is 0 Å². The van der Waals surface area contributed by atoms with E-state index < -0.39 is 54.2 Å². The number of rotatable bonds is 6. The fourth-order valence-corrected chi connectivity index (χ4v) is 3.38. The number of alkyl halides is 3. The van der Waals surface area contributed by atoms with Crippen LogP contribution in [0.2, 0.25) is 0 Å². The minimum Gasteiger partial charge on any atom is -0.465 e. The first-order chi connectivity index (χ1) is 13.6. The van der Waals surface area contributed by atoms with E-state index in [4.69, 9.17) is 9.47 Å². The molecule has 7 nitrogen and oxygen atoms in total. The molecule has 0 aliphatic carbocycles. The van der Waals surface area contributed by atoms with Crippen molar-refractivity contribution in [1.29, 1.82) is 0 Å². The van der Waals surface area contributed by atoms with Gasteiger partial charge in [0.2, 0.25) is 5.91 Å². The predicted octanol–water partition coefficient (Wildman–Crippen LogP) is 3.76. The van der Waals surface area contributed by atoms with Gasteiger partial charge in [-0.3, -0.25) is 9.59 Å². The van der Waals surface area contributed by atoms with Crippen molar-refractivity contribution in [3.8, 4) is 0 Å². The van der Waals surface area contributed by atoms with Crippen LogP contribution in [0.4, 0.5) is 18.0 Å². The van der Waals surface area contributed by atoms with E-state index >= 15 is 0 Å². The summed E-state index contributed by atoms with van der Waals surface area (Å²) in [4.78, 5) is 40.1. The van der Waals surface area contributed by atoms with Crippen LogP contribution in [0.15, 0.2) is 0 Å². The average Bonchev–Trinajstić information content (AvgIpc) is 2.56. The lowest BCUT2D eigenvalue weighted by Crippen LogP contribution is -2.56. The monoisotopic (exact) mass is 438 g/mol. The summed E-state index contributed by atoms with van der Waals surface area (Å²) >= 11 is 0. The SMILES string of the molecule is CCOC(=O)CN(C(=O)C(C)(C)CC(F)(F)F)[C@H]1CCCN(C(=O)OC(C)(C)C)C1. The van der Waals surface area contributed by atoms with E-state index in [1.165, 1.54) is 18.7 Å². The molecule has 0 N–H and O–H groups in total. The van der Waals surface area contributed by atoms with Crippen LogP contribution in [0.25, 0.3) is 0 Å². The van der Waals surface area contributed by atoms with Crippen LogP contribution in [0, 0.1) is 5.41 Å².